The number of para-hydroxylation sites is 1. The fourth-order valence-corrected chi connectivity index (χ4v) is 1.90. The minimum Gasteiger partial charge on any atom is -0.481 e. The van der Waals surface area contributed by atoms with Crippen LogP contribution < -0.4 is 5.32 Å². The van der Waals surface area contributed by atoms with Gasteiger partial charge >= 0.3 is 5.97 Å². The Labute approximate surface area is 122 Å². The van der Waals surface area contributed by atoms with E-state index in [9.17, 15) is 14.7 Å². The fraction of sp³-hybridized carbons (Fsp3) is 0.400. The van der Waals surface area contributed by atoms with Gasteiger partial charge in [0.1, 0.15) is 0 Å². The van der Waals surface area contributed by atoms with Gasteiger partial charge in [0, 0.05) is 5.39 Å². The van der Waals surface area contributed by atoms with Crippen molar-refractivity contribution in [2.45, 2.75) is 33.2 Å². The Balaban J connectivity index is 2.32. The number of hydrogen-bond acceptors (Lipinski definition) is 3. The van der Waals surface area contributed by atoms with E-state index in [0.717, 1.165) is 5.52 Å². The molecule has 0 spiro atoms. The van der Waals surface area contributed by atoms with Crippen LogP contribution in [-0.4, -0.2) is 32.7 Å². The summed E-state index contributed by atoms with van der Waals surface area (Å²) < 4.78 is 0. The van der Waals surface area contributed by atoms with Gasteiger partial charge in [-0.3, -0.25) is 14.7 Å². The molecule has 1 aromatic heterocycles. The SMILES string of the molecule is CC(C)(NC(=O)c1n[nH]c2ccccc12)C(C)(C)C(=O)O. The summed E-state index contributed by atoms with van der Waals surface area (Å²) in [5, 5.41) is 19.6. The van der Waals surface area contributed by atoms with Crippen molar-refractivity contribution in [3.8, 4) is 0 Å². The number of amides is 1. The molecule has 0 saturated heterocycles. The monoisotopic (exact) mass is 289 g/mol. The molecule has 0 aliphatic carbocycles. The summed E-state index contributed by atoms with van der Waals surface area (Å²) in [7, 11) is 0. The fourth-order valence-electron chi connectivity index (χ4n) is 1.90. The third-order valence-corrected chi connectivity index (χ3v) is 4.21. The number of fused-ring (bicyclic) bond motifs is 1. The Morgan fingerprint density at radius 1 is 1.19 bits per heavy atom. The summed E-state index contributed by atoms with van der Waals surface area (Å²) in [5.74, 6) is -1.37. The van der Waals surface area contributed by atoms with Crippen LogP contribution >= 0.6 is 0 Å². The molecule has 0 saturated carbocycles. The number of aromatic amines is 1. The molecular weight excluding hydrogens is 270 g/mol. The number of nitrogens with zero attached hydrogens (tertiary/aromatic N) is 1. The van der Waals surface area contributed by atoms with Gasteiger partial charge in [0.25, 0.3) is 5.91 Å². The number of carbonyl (C=O) groups is 2. The second-order valence-electron chi connectivity index (χ2n) is 6.13. The summed E-state index contributed by atoms with van der Waals surface area (Å²) in [6.07, 6.45) is 0. The third kappa shape index (κ3) is 2.49. The highest BCUT2D eigenvalue weighted by atomic mass is 16.4. The summed E-state index contributed by atoms with van der Waals surface area (Å²) in [5.41, 5.74) is -1.03. The molecule has 112 valence electrons. The van der Waals surface area contributed by atoms with Crippen LogP contribution in [0.25, 0.3) is 10.9 Å². The van der Waals surface area contributed by atoms with Gasteiger partial charge in [-0.1, -0.05) is 18.2 Å². The minimum absolute atomic E-state index is 0.264. The van der Waals surface area contributed by atoms with Gasteiger partial charge in [-0.15, -0.1) is 0 Å². The van der Waals surface area contributed by atoms with Crippen molar-refractivity contribution < 1.29 is 14.7 Å². The molecule has 0 aliphatic rings. The zero-order valence-electron chi connectivity index (χ0n) is 12.5. The van der Waals surface area contributed by atoms with Crippen LogP contribution in [0.3, 0.4) is 0 Å². The van der Waals surface area contributed by atoms with E-state index in [0.29, 0.717) is 5.39 Å². The van der Waals surface area contributed by atoms with Crippen molar-refractivity contribution in [3.05, 3.63) is 30.0 Å². The van der Waals surface area contributed by atoms with Crippen LogP contribution in [0.5, 0.6) is 0 Å². The lowest BCUT2D eigenvalue weighted by atomic mass is 9.74. The van der Waals surface area contributed by atoms with Crippen molar-refractivity contribution in [3.63, 3.8) is 0 Å². The number of rotatable bonds is 4. The van der Waals surface area contributed by atoms with Crippen LogP contribution in [0.4, 0.5) is 0 Å². The van der Waals surface area contributed by atoms with Gasteiger partial charge < -0.3 is 10.4 Å². The molecule has 6 heteroatoms. The lowest BCUT2D eigenvalue weighted by Crippen LogP contribution is -2.57. The topological polar surface area (TPSA) is 95.1 Å². The number of nitrogens with one attached hydrogen (secondary N) is 2. The minimum atomic E-state index is -1.12. The van der Waals surface area contributed by atoms with E-state index in [4.69, 9.17) is 0 Å². The number of carboxylic acid groups (broad SMARTS) is 1. The lowest BCUT2D eigenvalue weighted by molar-refractivity contribution is -0.150. The summed E-state index contributed by atoms with van der Waals surface area (Å²) in [6.45, 7) is 6.54. The number of hydrogen-bond donors (Lipinski definition) is 3. The predicted octanol–water partition coefficient (Wildman–Crippen LogP) is 2.18. The standard InChI is InChI=1S/C15H19N3O3/c1-14(2,13(20)21)15(3,4)16-12(19)11-9-7-5-6-8-10(9)17-18-11/h5-8H,1-4H3,(H,16,19)(H,17,18)(H,20,21). The van der Waals surface area contributed by atoms with Gasteiger partial charge in [0.2, 0.25) is 0 Å². The second kappa shape index (κ2) is 4.87. The van der Waals surface area contributed by atoms with Crippen molar-refractivity contribution in [2.75, 3.05) is 0 Å². The molecule has 0 bridgehead atoms. The van der Waals surface area contributed by atoms with E-state index in [-0.39, 0.29) is 5.69 Å². The lowest BCUT2D eigenvalue weighted by Gasteiger charge is -2.38. The largest absolute Gasteiger partial charge is 0.481 e. The first-order valence-corrected chi connectivity index (χ1v) is 6.66. The maximum absolute atomic E-state index is 12.4. The third-order valence-electron chi connectivity index (χ3n) is 4.21. The maximum Gasteiger partial charge on any atom is 0.311 e. The summed E-state index contributed by atoms with van der Waals surface area (Å²) in [4.78, 5) is 23.8. The molecule has 2 aromatic rings. The average Bonchev–Trinajstić information content (AvgIpc) is 2.81. The molecule has 0 unspecified atom stereocenters. The van der Waals surface area contributed by atoms with Gasteiger partial charge in [-0.05, 0) is 33.8 Å². The molecule has 1 aromatic carbocycles. The number of carbonyl (C=O) groups excluding carboxylic acids is 1. The van der Waals surface area contributed by atoms with E-state index in [1.54, 1.807) is 33.8 Å². The van der Waals surface area contributed by atoms with Crippen molar-refractivity contribution in [1.29, 1.82) is 0 Å². The molecular formula is C15H19N3O3. The number of aromatic nitrogens is 2. The van der Waals surface area contributed by atoms with E-state index < -0.39 is 22.8 Å². The Morgan fingerprint density at radius 3 is 2.43 bits per heavy atom. The Bertz CT molecular complexity index is 701. The Kier molecular flexibility index (Phi) is 3.49. The highest BCUT2D eigenvalue weighted by Crippen LogP contribution is 2.31. The average molecular weight is 289 g/mol. The van der Waals surface area contributed by atoms with Gasteiger partial charge in [0.15, 0.2) is 5.69 Å². The normalized spacial score (nSPS) is 12.4. The molecule has 1 amide bonds. The van der Waals surface area contributed by atoms with Gasteiger partial charge in [-0.2, -0.15) is 5.10 Å². The van der Waals surface area contributed by atoms with Crippen molar-refractivity contribution >= 4 is 22.8 Å². The van der Waals surface area contributed by atoms with Crippen LogP contribution in [-0.2, 0) is 4.79 Å². The van der Waals surface area contributed by atoms with E-state index in [1.165, 1.54) is 0 Å². The van der Waals surface area contributed by atoms with Crippen LogP contribution in [0, 0.1) is 5.41 Å². The quantitative estimate of drug-likeness (QED) is 0.804. The highest BCUT2D eigenvalue weighted by molar-refractivity contribution is 6.05. The second-order valence-corrected chi connectivity index (χ2v) is 6.13. The highest BCUT2D eigenvalue weighted by Gasteiger charge is 2.44. The first kappa shape index (κ1) is 15.0. The molecule has 0 aliphatic heterocycles. The number of H-pyrrole nitrogens is 1. The molecule has 2 rings (SSSR count). The molecule has 3 N–H and O–H groups in total. The first-order valence-electron chi connectivity index (χ1n) is 6.66. The first-order chi connectivity index (χ1) is 9.67. The van der Waals surface area contributed by atoms with Gasteiger partial charge in [0.05, 0.1) is 16.5 Å². The van der Waals surface area contributed by atoms with Gasteiger partial charge in [-0.25, -0.2) is 0 Å². The zero-order chi connectivity index (χ0) is 15.8. The predicted molar refractivity (Wildman–Crippen MR) is 79.1 cm³/mol. The van der Waals surface area contributed by atoms with Crippen LogP contribution in [0.2, 0.25) is 0 Å². The summed E-state index contributed by atoms with van der Waals surface area (Å²) >= 11 is 0. The number of benzene rings is 1. The molecule has 0 atom stereocenters. The van der Waals surface area contributed by atoms with Crippen molar-refractivity contribution in [2.24, 2.45) is 5.41 Å². The number of aliphatic carboxylic acids is 1. The molecule has 0 fully saturated rings. The number of carboxylic acids is 1. The zero-order valence-corrected chi connectivity index (χ0v) is 12.5. The molecule has 0 radical (unpaired) electrons. The van der Waals surface area contributed by atoms with E-state index in [2.05, 4.69) is 15.5 Å². The molecule has 21 heavy (non-hydrogen) atoms. The maximum atomic E-state index is 12.4. The Morgan fingerprint density at radius 2 is 1.81 bits per heavy atom. The Hall–Kier alpha value is -2.37. The van der Waals surface area contributed by atoms with E-state index >= 15 is 0 Å². The summed E-state index contributed by atoms with van der Waals surface area (Å²) in [6, 6.07) is 7.29. The van der Waals surface area contributed by atoms with Crippen LogP contribution in [0.15, 0.2) is 24.3 Å². The molecule has 6 nitrogen and oxygen atoms in total. The van der Waals surface area contributed by atoms with E-state index in [1.807, 2.05) is 18.2 Å². The smallest absolute Gasteiger partial charge is 0.311 e. The van der Waals surface area contributed by atoms with Crippen molar-refractivity contribution in [1.82, 2.24) is 15.5 Å². The molecule has 1 heterocycles. The van der Waals surface area contributed by atoms with Crippen LogP contribution in [0.1, 0.15) is 38.2 Å².